The van der Waals surface area contributed by atoms with Gasteiger partial charge in [-0.25, -0.2) is 9.37 Å². The number of benzene rings is 3. The van der Waals surface area contributed by atoms with E-state index in [-0.39, 0.29) is 33.8 Å². The summed E-state index contributed by atoms with van der Waals surface area (Å²) in [6.07, 6.45) is 4.76. The molecule has 0 aliphatic carbocycles. The number of halogens is 1. The zero-order valence-electron chi connectivity index (χ0n) is 26.1. The molecule has 0 fully saturated rings. The molecule has 10 nitrogen and oxygen atoms in total. The standard InChI is InChI=1S/C35H35FN6O4/c1-6-30(44)37-14-13-21-9-7-10-24(15-21)39-32-34(46)41(5)19-28(40-32)25-11-8-12-29(26(25)20-43)42-33(45)31-22(18-38-42)16-23(17-27(31)36)35(2,3)4/h6-12,15-19,43H,1,13-14,20H2,2-5H3,(H,37,44)(H,39,40). The first-order valence-corrected chi connectivity index (χ1v) is 14.7. The van der Waals surface area contributed by atoms with Gasteiger partial charge in [0.2, 0.25) is 5.91 Å². The largest absolute Gasteiger partial charge is 0.392 e. The molecular weight excluding hydrogens is 587 g/mol. The van der Waals surface area contributed by atoms with Gasteiger partial charge in [0.1, 0.15) is 5.82 Å². The van der Waals surface area contributed by atoms with E-state index in [1.54, 1.807) is 37.4 Å². The molecule has 5 aromatic rings. The number of carbonyl (C=O) groups excluding carboxylic acids is 1. The third kappa shape index (κ3) is 6.50. The quantitative estimate of drug-likeness (QED) is 0.204. The van der Waals surface area contributed by atoms with E-state index in [1.165, 1.54) is 29.1 Å². The second kappa shape index (κ2) is 12.9. The molecule has 3 N–H and O–H groups in total. The van der Waals surface area contributed by atoms with E-state index in [1.807, 2.05) is 39.0 Å². The molecule has 5 rings (SSSR count). The number of nitrogens with one attached hydrogen (secondary N) is 2. The molecule has 2 heterocycles. The molecular formula is C35H35FN6O4. The van der Waals surface area contributed by atoms with Crippen LogP contribution in [0, 0.1) is 5.82 Å². The Hall–Kier alpha value is -5.42. The van der Waals surface area contributed by atoms with Crippen LogP contribution in [0.15, 0.2) is 89.2 Å². The SMILES string of the molecule is C=CC(=O)NCCc1cccc(Nc2nc(-c3cccc(-n4ncc5cc(C(C)(C)C)cc(F)c5c4=O)c3CO)cn(C)c2=O)c1. The Balaban J connectivity index is 1.53. The van der Waals surface area contributed by atoms with Crippen molar-refractivity contribution >= 4 is 28.2 Å². The topological polar surface area (TPSA) is 131 Å². The Morgan fingerprint density at radius 2 is 1.85 bits per heavy atom. The minimum absolute atomic E-state index is 0.0455. The molecule has 1 amide bonds. The van der Waals surface area contributed by atoms with Crippen molar-refractivity contribution in [1.29, 1.82) is 0 Å². The molecule has 0 spiro atoms. The number of carbonyl (C=O) groups is 1. The summed E-state index contributed by atoms with van der Waals surface area (Å²) in [7, 11) is 1.59. The fraction of sp³-hybridized carbons (Fsp3) is 0.229. The van der Waals surface area contributed by atoms with Crippen LogP contribution in [-0.4, -0.2) is 36.9 Å². The smallest absolute Gasteiger partial charge is 0.293 e. The molecule has 2 aromatic heterocycles. The summed E-state index contributed by atoms with van der Waals surface area (Å²) in [6, 6.07) is 15.5. The molecule has 0 radical (unpaired) electrons. The van der Waals surface area contributed by atoms with Gasteiger partial charge < -0.3 is 20.3 Å². The fourth-order valence-electron chi connectivity index (χ4n) is 5.18. The van der Waals surface area contributed by atoms with Crippen LogP contribution in [0.5, 0.6) is 0 Å². The Kier molecular flexibility index (Phi) is 8.97. The predicted octanol–water partition coefficient (Wildman–Crippen LogP) is 4.66. The zero-order valence-corrected chi connectivity index (χ0v) is 26.1. The van der Waals surface area contributed by atoms with Crippen molar-refractivity contribution in [3.05, 3.63) is 123 Å². The molecule has 3 aromatic carbocycles. The van der Waals surface area contributed by atoms with Crippen molar-refractivity contribution in [2.24, 2.45) is 7.05 Å². The van der Waals surface area contributed by atoms with Gasteiger partial charge in [-0.3, -0.25) is 14.4 Å². The fourth-order valence-corrected chi connectivity index (χ4v) is 5.18. The summed E-state index contributed by atoms with van der Waals surface area (Å²) in [5, 5.41) is 21.0. The number of aryl methyl sites for hydroxylation is 1. The molecule has 0 saturated carbocycles. The van der Waals surface area contributed by atoms with Crippen LogP contribution in [0.4, 0.5) is 15.9 Å². The number of anilines is 2. The maximum Gasteiger partial charge on any atom is 0.293 e. The van der Waals surface area contributed by atoms with E-state index in [2.05, 4.69) is 27.3 Å². The third-order valence-electron chi connectivity index (χ3n) is 7.68. The number of nitrogens with zero attached hydrogens (tertiary/aromatic N) is 4. The Labute approximate surface area is 264 Å². The number of amides is 1. The summed E-state index contributed by atoms with van der Waals surface area (Å²) >= 11 is 0. The van der Waals surface area contributed by atoms with E-state index in [0.717, 1.165) is 15.8 Å². The molecule has 0 bridgehead atoms. The Bertz CT molecular complexity index is 2090. The summed E-state index contributed by atoms with van der Waals surface area (Å²) in [5.74, 6) is -0.858. The van der Waals surface area contributed by atoms with E-state index < -0.39 is 18.0 Å². The lowest BCUT2D eigenvalue weighted by atomic mass is 9.86. The van der Waals surface area contributed by atoms with Crippen molar-refractivity contribution in [2.75, 3.05) is 11.9 Å². The van der Waals surface area contributed by atoms with Crippen molar-refractivity contribution < 1.29 is 14.3 Å². The number of aromatic nitrogens is 4. The molecule has 11 heteroatoms. The van der Waals surface area contributed by atoms with Gasteiger partial charge in [0.05, 0.1) is 29.6 Å². The Morgan fingerprint density at radius 3 is 2.57 bits per heavy atom. The summed E-state index contributed by atoms with van der Waals surface area (Å²) in [6.45, 7) is 9.26. The first kappa shape index (κ1) is 32.0. The summed E-state index contributed by atoms with van der Waals surface area (Å²) in [4.78, 5) is 42.8. The lowest BCUT2D eigenvalue weighted by Crippen LogP contribution is -2.24. The van der Waals surface area contributed by atoms with E-state index in [0.29, 0.717) is 40.9 Å². The van der Waals surface area contributed by atoms with E-state index in [4.69, 9.17) is 0 Å². The highest BCUT2D eigenvalue weighted by atomic mass is 19.1. The number of fused-ring (bicyclic) bond motifs is 1. The Morgan fingerprint density at radius 1 is 1.09 bits per heavy atom. The monoisotopic (exact) mass is 622 g/mol. The van der Waals surface area contributed by atoms with Crippen molar-refractivity contribution in [3.8, 4) is 16.9 Å². The predicted molar refractivity (Wildman–Crippen MR) is 177 cm³/mol. The maximum absolute atomic E-state index is 15.3. The number of rotatable bonds is 9. The van der Waals surface area contributed by atoms with Crippen molar-refractivity contribution in [1.82, 2.24) is 24.6 Å². The van der Waals surface area contributed by atoms with Crippen LogP contribution >= 0.6 is 0 Å². The highest BCUT2D eigenvalue weighted by Crippen LogP contribution is 2.29. The van der Waals surface area contributed by atoms with Crippen LogP contribution in [0.1, 0.15) is 37.5 Å². The number of hydrogen-bond acceptors (Lipinski definition) is 7. The van der Waals surface area contributed by atoms with Gasteiger partial charge in [0.15, 0.2) is 5.82 Å². The normalized spacial score (nSPS) is 11.4. The average Bonchev–Trinajstić information content (AvgIpc) is 3.02. The molecule has 0 saturated heterocycles. The van der Waals surface area contributed by atoms with E-state index >= 15 is 4.39 Å². The lowest BCUT2D eigenvalue weighted by Gasteiger charge is -2.20. The van der Waals surface area contributed by atoms with Crippen LogP contribution in [0.25, 0.3) is 27.7 Å². The highest BCUT2D eigenvalue weighted by Gasteiger charge is 2.21. The first-order valence-electron chi connectivity index (χ1n) is 14.7. The molecule has 0 atom stereocenters. The van der Waals surface area contributed by atoms with Crippen LogP contribution in [0.3, 0.4) is 0 Å². The van der Waals surface area contributed by atoms with Gasteiger partial charge in [0, 0.05) is 42.0 Å². The van der Waals surface area contributed by atoms with Crippen molar-refractivity contribution in [2.45, 2.75) is 39.2 Å². The molecule has 0 aliphatic rings. The molecule has 0 unspecified atom stereocenters. The van der Waals surface area contributed by atoms with Crippen LogP contribution in [0.2, 0.25) is 0 Å². The number of aliphatic hydroxyl groups is 1. The first-order chi connectivity index (χ1) is 21.9. The second-order valence-corrected chi connectivity index (χ2v) is 12.0. The van der Waals surface area contributed by atoms with E-state index in [9.17, 15) is 19.5 Å². The molecule has 0 aliphatic heterocycles. The third-order valence-corrected chi connectivity index (χ3v) is 7.68. The van der Waals surface area contributed by atoms with Gasteiger partial charge in [-0.05, 0) is 59.4 Å². The highest BCUT2D eigenvalue weighted by molar-refractivity contribution is 5.86. The van der Waals surface area contributed by atoms with Crippen LogP contribution < -0.4 is 21.8 Å². The number of hydrogen-bond donors (Lipinski definition) is 3. The minimum Gasteiger partial charge on any atom is -0.392 e. The van der Waals surface area contributed by atoms with Crippen LogP contribution in [-0.2, 0) is 30.3 Å². The van der Waals surface area contributed by atoms with Gasteiger partial charge in [-0.1, -0.05) is 51.6 Å². The van der Waals surface area contributed by atoms with Gasteiger partial charge >= 0.3 is 0 Å². The van der Waals surface area contributed by atoms with Crippen molar-refractivity contribution in [3.63, 3.8) is 0 Å². The molecule has 236 valence electrons. The minimum atomic E-state index is -0.665. The summed E-state index contributed by atoms with van der Waals surface area (Å²) < 4.78 is 17.8. The molecule has 46 heavy (non-hydrogen) atoms. The number of aliphatic hydroxyl groups excluding tert-OH is 1. The summed E-state index contributed by atoms with van der Waals surface area (Å²) in [5.41, 5.74) is 2.31. The van der Waals surface area contributed by atoms with Gasteiger partial charge in [-0.2, -0.15) is 9.78 Å². The van der Waals surface area contributed by atoms with Gasteiger partial charge in [-0.15, -0.1) is 0 Å². The zero-order chi connectivity index (χ0) is 33.2. The second-order valence-electron chi connectivity index (χ2n) is 12.0. The lowest BCUT2D eigenvalue weighted by molar-refractivity contribution is -0.116. The van der Waals surface area contributed by atoms with Gasteiger partial charge in [0.25, 0.3) is 11.1 Å². The maximum atomic E-state index is 15.3. The average molecular weight is 623 g/mol.